The Morgan fingerprint density at radius 3 is 0.770 bits per heavy atom. The average molecular weight is 1040 g/mol. The van der Waals surface area contributed by atoms with Gasteiger partial charge in [-0.1, -0.05) is 332 Å². The van der Waals surface area contributed by atoms with Crippen molar-refractivity contribution >= 4 is 17.9 Å². The van der Waals surface area contributed by atoms with Crippen LogP contribution in [0.2, 0.25) is 0 Å². The lowest BCUT2D eigenvalue weighted by atomic mass is 10.0. The lowest BCUT2D eigenvalue weighted by Gasteiger charge is -2.18. The zero-order valence-electron chi connectivity index (χ0n) is 49.4. The van der Waals surface area contributed by atoms with Gasteiger partial charge in [0.05, 0.1) is 6.42 Å². The Bertz CT molecular complexity index is 1330. The number of carbonyl (C=O) groups excluding carboxylic acids is 3. The van der Waals surface area contributed by atoms with Crippen LogP contribution in [-0.4, -0.2) is 37.2 Å². The van der Waals surface area contributed by atoms with Gasteiger partial charge in [0.15, 0.2) is 6.10 Å². The molecule has 1 unspecified atom stereocenters. The van der Waals surface area contributed by atoms with Crippen molar-refractivity contribution < 1.29 is 28.6 Å². The van der Waals surface area contributed by atoms with E-state index < -0.39 is 12.1 Å². The largest absolute Gasteiger partial charge is 0.462 e. The molecule has 430 valence electrons. The zero-order valence-corrected chi connectivity index (χ0v) is 49.4. The Morgan fingerprint density at radius 1 is 0.284 bits per heavy atom. The van der Waals surface area contributed by atoms with Crippen LogP contribution in [0, 0.1) is 0 Å². The van der Waals surface area contributed by atoms with E-state index in [2.05, 4.69) is 69.4 Å². The lowest BCUT2D eigenvalue weighted by Crippen LogP contribution is -2.30. The number of hydrogen-bond donors (Lipinski definition) is 0. The number of allylic oxidation sites excluding steroid dienone is 9. The van der Waals surface area contributed by atoms with Crippen molar-refractivity contribution in [3.63, 3.8) is 0 Å². The number of carbonyl (C=O) groups is 3. The summed E-state index contributed by atoms with van der Waals surface area (Å²) >= 11 is 0. The van der Waals surface area contributed by atoms with Crippen molar-refractivity contribution in [3.8, 4) is 0 Å². The van der Waals surface area contributed by atoms with Crippen LogP contribution in [0.5, 0.6) is 0 Å². The molecule has 0 saturated carbocycles. The number of ether oxygens (including phenoxy) is 3. The monoisotopic (exact) mass is 1030 g/mol. The molecule has 0 aromatic rings. The summed E-state index contributed by atoms with van der Waals surface area (Å²) in [6, 6.07) is 0. The Hall–Kier alpha value is -2.89. The molecule has 0 aliphatic heterocycles. The third kappa shape index (κ3) is 60.0. The molecule has 0 aromatic carbocycles. The van der Waals surface area contributed by atoms with Gasteiger partial charge in [-0.05, 0) is 44.9 Å². The smallest absolute Gasteiger partial charge is 0.310 e. The van der Waals surface area contributed by atoms with Gasteiger partial charge in [0, 0.05) is 12.8 Å². The summed E-state index contributed by atoms with van der Waals surface area (Å²) in [4.78, 5) is 37.9. The summed E-state index contributed by atoms with van der Waals surface area (Å²) in [6.45, 7) is 6.45. The summed E-state index contributed by atoms with van der Waals surface area (Å²) in [6.07, 6.45) is 80.3. The minimum absolute atomic E-state index is 0.101. The Balaban J connectivity index is 4.02. The molecule has 0 aromatic heterocycles. The van der Waals surface area contributed by atoms with Crippen molar-refractivity contribution in [2.24, 2.45) is 0 Å². The molecule has 6 heteroatoms. The SMILES string of the molecule is CC/C=C\C/C=C\C/C=C\C/C=C\C/C=C\CC(=O)OC(COC(=O)CCCCCCCCCC)COC(=O)CCCCCCCCCCCCCCCCCCCCCCCCCCCCCCCCCCC. The van der Waals surface area contributed by atoms with E-state index in [-0.39, 0.29) is 31.6 Å². The van der Waals surface area contributed by atoms with Crippen LogP contribution >= 0.6 is 0 Å². The molecule has 0 aliphatic carbocycles. The standard InChI is InChI=1S/C68H122O6/c1-4-7-10-13-16-19-21-23-25-26-27-28-29-30-31-32-33-34-35-36-37-38-39-40-41-42-44-45-47-49-52-55-58-61-67(70)73-64-65(63-72-66(69)60-57-54-51-18-15-12-9-6-3)74-68(71)62-59-56-53-50-48-46-43-24-22-20-17-14-11-8-5-2/h8,11,17,20,24,43,48,50,56,59,65H,4-7,9-10,12-16,18-19,21-23,25-42,44-47,49,51-55,57-58,60-64H2,1-3H3/b11-8-,20-17-,43-24-,50-48-,59-56-. The van der Waals surface area contributed by atoms with Gasteiger partial charge in [0.1, 0.15) is 13.2 Å². The van der Waals surface area contributed by atoms with Crippen molar-refractivity contribution in [3.05, 3.63) is 60.8 Å². The molecule has 0 bridgehead atoms. The summed E-state index contributed by atoms with van der Waals surface area (Å²) in [5, 5.41) is 0. The molecule has 0 fully saturated rings. The molecular weight excluding hydrogens is 913 g/mol. The Kier molecular flexibility index (Phi) is 60.2. The van der Waals surface area contributed by atoms with Crippen molar-refractivity contribution in [2.45, 2.75) is 341 Å². The van der Waals surface area contributed by atoms with Crippen LogP contribution in [0.4, 0.5) is 0 Å². The summed E-state index contributed by atoms with van der Waals surface area (Å²) in [7, 11) is 0. The average Bonchev–Trinajstić information content (AvgIpc) is 3.40. The molecule has 0 N–H and O–H groups in total. The topological polar surface area (TPSA) is 78.9 Å². The summed E-state index contributed by atoms with van der Waals surface area (Å²) < 4.78 is 16.7. The van der Waals surface area contributed by atoms with E-state index in [1.165, 1.54) is 225 Å². The first-order valence-electron chi connectivity index (χ1n) is 32.3. The fourth-order valence-corrected chi connectivity index (χ4v) is 9.52. The highest BCUT2D eigenvalue weighted by Gasteiger charge is 2.19. The molecule has 74 heavy (non-hydrogen) atoms. The maximum Gasteiger partial charge on any atom is 0.310 e. The third-order valence-electron chi connectivity index (χ3n) is 14.3. The molecule has 0 aliphatic rings. The number of hydrogen-bond acceptors (Lipinski definition) is 6. The zero-order chi connectivity index (χ0) is 53.6. The molecular formula is C68H122O6. The molecule has 0 saturated heterocycles. The molecule has 0 spiro atoms. The first kappa shape index (κ1) is 71.1. The normalized spacial score (nSPS) is 12.4. The predicted molar refractivity (Wildman–Crippen MR) is 321 cm³/mol. The van der Waals surface area contributed by atoms with Crippen molar-refractivity contribution in [1.82, 2.24) is 0 Å². The van der Waals surface area contributed by atoms with Gasteiger partial charge in [0.2, 0.25) is 0 Å². The van der Waals surface area contributed by atoms with Crippen LogP contribution in [0.15, 0.2) is 60.8 Å². The summed E-state index contributed by atoms with van der Waals surface area (Å²) in [5.41, 5.74) is 0. The molecule has 1 atom stereocenters. The van der Waals surface area contributed by atoms with Crippen molar-refractivity contribution in [1.29, 1.82) is 0 Å². The molecule has 0 rings (SSSR count). The van der Waals surface area contributed by atoms with Crippen LogP contribution in [0.3, 0.4) is 0 Å². The maximum atomic E-state index is 12.7. The van der Waals surface area contributed by atoms with Crippen LogP contribution in [0.25, 0.3) is 0 Å². The predicted octanol–water partition coefficient (Wildman–Crippen LogP) is 21.9. The van der Waals surface area contributed by atoms with E-state index in [1.807, 2.05) is 6.08 Å². The Labute approximate surface area is 460 Å². The first-order valence-corrected chi connectivity index (χ1v) is 32.3. The van der Waals surface area contributed by atoms with E-state index in [1.54, 1.807) is 6.08 Å². The number of esters is 3. The lowest BCUT2D eigenvalue weighted by molar-refractivity contribution is -0.166. The first-order chi connectivity index (χ1) is 36.5. The second-order valence-electron chi connectivity index (χ2n) is 21.7. The van der Waals surface area contributed by atoms with E-state index in [9.17, 15) is 14.4 Å². The van der Waals surface area contributed by atoms with E-state index in [0.29, 0.717) is 12.8 Å². The molecule has 0 radical (unpaired) electrons. The quantitative estimate of drug-likeness (QED) is 0.0261. The van der Waals surface area contributed by atoms with Gasteiger partial charge < -0.3 is 14.2 Å². The number of rotatable bonds is 59. The van der Waals surface area contributed by atoms with Gasteiger partial charge in [-0.25, -0.2) is 0 Å². The van der Waals surface area contributed by atoms with Crippen LogP contribution < -0.4 is 0 Å². The van der Waals surface area contributed by atoms with Gasteiger partial charge in [0.25, 0.3) is 0 Å². The second-order valence-corrected chi connectivity index (χ2v) is 21.7. The molecule has 6 nitrogen and oxygen atoms in total. The number of unbranched alkanes of at least 4 members (excludes halogenated alkanes) is 39. The fraction of sp³-hybridized carbons (Fsp3) is 0.809. The fourth-order valence-electron chi connectivity index (χ4n) is 9.52. The highest BCUT2D eigenvalue weighted by Crippen LogP contribution is 2.18. The third-order valence-corrected chi connectivity index (χ3v) is 14.3. The van der Waals surface area contributed by atoms with Gasteiger partial charge in [-0.3, -0.25) is 14.4 Å². The highest BCUT2D eigenvalue weighted by molar-refractivity contribution is 5.72. The minimum Gasteiger partial charge on any atom is -0.462 e. The highest BCUT2D eigenvalue weighted by atomic mass is 16.6. The van der Waals surface area contributed by atoms with Gasteiger partial charge in [-0.15, -0.1) is 0 Å². The molecule has 0 amide bonds. The Morgan fingerprint density at radius 2 is 0.514 bits per heavy atom. The van der Waals surface area contributed by atoms with Crippen molar-refractivity contribution in [2.75, 3.05) is 13.2 Å². The van der Waals surface area contributed by atoms with Gasteiger partial charge >= 0.3 is 17.9 Å². The van der Waals surface area contributed by atoms with Crippen LogP contribution in [-0.2, 0) is 28.6 Å². The van der Waals surface area contributed by atoms with Gasteiger partial charge in [-0.2, -0.15) is 0 Å². The summed E-state index contributed by atoms with van der Waals surface area (Å²) in [5.74, 6) is -1.03. The minimum atomic E-state index is -0.824. The van der Waals surface area contributed by atoms with E-state index in [4.69, 9.17) is 14.2 Å². The maximum absolute atomic E-state index is 12.7. The van der Waals surface area contributed by atoms with Crippen LogP contribution in [0.1, 0.15) is 335 Å². The second kappa shape index (κ2) is 62.6. The van der Waals surface area contributed by atoms with E-state index in [0.717, 1.165) is 70.6 Å². The molecule has 0 heterocycles. The van der Waals surface area contributed by atoms with E-state index >= 15 is 0 Å².